The maximum absolute atomic E-state index is 2.45. The molecule has 1 nitrogen and oxygen atoms in total. The van der Waals surface area contributed by atoms with E-state index in [1.807, 2.05) is 11.3 Å². The molecule has 0 aliphatic heterocycles. The Hall–Kier alpha value is -6.22. The molecule has 238 valence electrons. The Labute approximate surface area is 301 Å². The molecule has 0 atom stereocenters. The van der Waals surface area contributed by atoms with E-state index in [4.69, 9.17) is 0 Å². The van der Waals surface area contributed by atoms with Gasteiger partial charge >= 0.3 is 0 Å². The molecule has 0 saturated heterocycles. The smallest absolute Gasteiger partial charge is 0.0726 e. The zero-order valence-electron chi connectivity index (χ0n) is 27.8. The normalized spacial score (nSPS) is 13.3. The summed E-state index contributed by atoms with van der Waals surface area (Å²) in [5.74, 6) is 0. The summed E-state index contributed by atoms with van der Waals surface area (Å²) in [7, 11) is 0. The van der Waals surface area contributed by atoms with Crippen molar-refractivity contribution >= 4 is 48.6 Å². The van der Waals surface area contributed by atoms with Gasteiger partial charge in [0.2, 0.25) is 0 Å². The second-order valence-corrected chi connectivity index (χ2v) is 14.6. The molecule has 2 aliphatic carbocycles. The maximum atomic E-state index is 2.45. The van der Waals surface area contributed by atoms with Crippen molar-refractivity contribution in [3.8, 4) is 33.4 Å². The van der Waals surface area contributed by atoms with Crippen LogP contribution in [-0.4, -0.2) is 0 Å². The fraction of sp³-hybridized carbons (Fsp3) is 0.0204. The Morgan fingerprint density at radius 1 is 0.373 bits per heavy atom. The second kappa shape index (κ2) is 10.9. The summed E-state index contributed by atoms with van der Waals surface area (Å²) in [5, 5.41) is 2.65. The fourth-order valence-corrected chi connectivity index (χ4v) is 10.3. The lowest BCUT2D eigenvalue weighted by Crippen LogP contribution is -2.26. The number of nitrogens with zero attached hydrogens (tertiary/aromatic N) is 1. The van der Waals surface area contributed by atoms with Crippen LogP contribution in [0, 0.1) is 0 Å². The number of para-hydroxylation sites is 1. The molecule has 0 radical (unpaired) electrons. The lowest BCUT2D eigenvalue weighted by Gasteiger charge is -2.31. The van der Waals surface area contributed by atoms with Crippen molar-refractivity contribution in [3.63, 3.8) is 0 Å². The lowest BCUT2D eigenvalue weighted by molar-refractivity contribution is 0.794. The van der Waals surface area contributed by atoms with Crippen molar-refractivity contribution in [1.82, 2.24) is 0 Å². The van der Waals surface area contributed by atoms with E-state index in [0.717, 1.165) is 11.4 Å². The quantitative estimate of drug-likeness (QED) is 0.181. The molecule has 9 aromatic rings. The zero-order valence-corrected chi connectivity index (χ0v) is 28.6. The van der Waals surface area contributed by atoms with E-state index in [9.17, 15) is 0 Å². The van der Waals surface area contributed by atoms with Crippen molar-refractivity contribution in [1.29, 1.82) is 0 Å². The van der Waals surface area contributed by atoms with Crippen molar-refractivity contribution in [2.75, 3.05) is 4.90 Å². The van der Waals surface area contributed by atoms with Gasteiger partial charge in [0.1, 0.15) is 0 Å². The molecule has 0 unspecified atom stereocenters. The lowest BCUT2D eigenvalue weighted by atomic mass is 9.70. The van der Waals surface area contributed by atoms with Crippen LogP contribution in [0.15, 0.2) is 188 Å². The van der Waals surface area contributed by atoms with Gasteiger partial charge in [-0.3, -0.25) is 0 Å². The predicted octanol–water partition coefficient (Wildman–Crippen LogP) is 13.5. The van der Waals surface area contributed by atoms with E-state index in [0.29, 0.717) is 0 Å². The molecule has 1 aromatic heterocycles. The highest BCUT2D eigenvalue weighted by Crippen LogP contribution is 2.64. The Kier molecular flexibility index (Phi) is 6.11. The topological polar surface area (TPSA) is 3.24 Å². The summed E-state index contributed by atoms with van der Waals surface area (Å²) in [5.41, 5.74) is 16.2. The van der Waals surface area contributed by atoms with Crippen LogP contribution in [0.2, 0.25) is 0 Å². The van der Waals surface area contributed by atoms with Gasteiger partial charge in [-0.1, -0.05) is 152 Å². The van der Waals surface area contributed by atoms with Gasteiger partial charge in [-0.25, -0.2) is 0 Å². The van der Waals surface area contributed by atoms with Crippen molar-refractivity contribution in [2.45, 2.75) is 5.41 Å². The van der Waals surface area contributed by atoms with Crippen LogP contribution in [0.3, 0.4) is 0 Å². The minimum atomic E-state index is -0.385. The zero-order chi connectivity index (χ0) is 33.5. The van der Waals surface area contributed by atoms with Crippen LogP contribution < -0.4 is 4.90 Å². The molecule has 0 fully saturated rings. The first-order chi connectivity index (χ1) is 25.3. The average molecular weight is 666 g/mol. The van der Waals surface area contributed by atoms with Gasteiger partial charge in [0, 0.05) is 37.1 Å². The molecule has 2 aliphatic rings. The van der Waals surface area contributed by atoms with E-state index < -0.39 is 0 Å². The third kappa shape index (κ3) is 3.91. The number of hydrogen-bond acceptors (Lipinski definition) is 2. The van der Waals surface area contributed by atoms with E-state index in [-0.39, 0.29) is 5.41 Å². The molecular formula is C49H31NS. The molecule has 1 heterocycles. The Balaban J connectivity index is 1.13. The Bertz CT molecular complexity index is 2760. The first kappa shape index (κ1) is 28.6. The standard InChI is InChI=1S/C49H31NS/c1-2-14-33(15-3-1)50(34-30-28-32(29-31-34)35-20-12-21-39-38-18-7-11-27-46(38)51-48(35)39)45-26-13-25-44-47(45)40-19-6-10-24-43(40)49(44)41-22-8-4-16-36(41)37-17-5-9-23-42(37)49/h1-31H. The first-order valence-electron chi connectivity index (χ1n) is 17.6. The van der Waals surface area contributed by atoms with Crippen molar-refractivity contribution in [3.05, 3.63) is 210 Å². The molecule has 1 spiro atoms. The minimum Gasteiger partial charge on any atom is -0.310 e. The van der Waals surface area contributed by atoms with Crippen LogP contribution in [0.1, 0.15) is 22.3 Å². The molecule has 11 rings (SSSR count). The van der Waals surface area contributed by atoms with Crippen LogP contribution in [0.4, 0.5) is 17.1 Å². The van der Waals surface area contributed by atoms with Crippen molar-refractivity contribution < 1.29 is 0 Å². The highest BCUT2D eigenvalue weighted by atomic mass is 32.1. The van der Waals surface area contributed by atoms with Gasteiger partial charge < -0.3 is 4.90 Å². The third-order valence-electron chi connectivity index (χ3n) is 11.1. The number of thiophene rings is 1. The molecule has 8 aromatic carbocycles. The summed E-state index contributed by atoms with van der Waals surface area (Å²) in [6.07, 6.45) is 0. The van der Waals surface area contributed by atoms with Gasteiger partial charge in [-0.2, -0.15) is 0 Å². The number of fused-ring (bicyclic) bond motifs is 13. The number of anilines is 3. The van der Waals surface area contributed by atoms with Gasteiger partial charge in [0.15, 0.2) is 0 Å². The molecule has 51 heavy (non-hydrogen) atoms. The van der Waals surface area contributed by atoms with Gasteiger partial charge in [0.25, 0.3) is 0 Å². The molecule has 0 bridgehead atoms. The maximum Gasteiger partial charge on any atom is 0.0726 e. The van der Waals surface area contributed by atoms with Crippen molar-refractivity contribution in [2.24, 2.45) is 0 Å². The predicted molar refractivity (Wildman–Crippen MR) is 216 cm³/mol. The number of rotatable bonds is 4. The van der Waals surface area contributed by atoms with Gasteiger partial charge in [-0.15, -0.1) is 11.3 Å². The SMILES string of the molecule is c1ccc(N(c2ccc(-c3cccc4c3sc3ccccc34)cc2)c2cccc3c2-c2ccccc2C32c3ccccc3-c3ccccc32)cc1. The largest absolute Gasteiger partial charge is 0.310 e. The van der Waals surface area contributed by atoms with Crippen LogP contribution >= 0.6 is 11.3 Å². The molecule has 0 saturated carbocycles. The molecule has 2 heteroatoms. The summed E-state index contributed by atoms with van der Waals surface area (Å²) in [4.78, 5) is 2.45. The van der Waals surface area contributed by atoms with Gasteiger partial charge in [0.05, 0.1) is 11.1 Å². The van der Waals surface area contributed by atoms with Crippen LogP contribution in [-0.2, 0) is 5.41 Å². The van der Waals surface area contributed by atoms with E-state index in [2.05, 4.69) is 193 Å². The Morgan fingerprint density at radius 2 is 0.902 bits per heavy atom. The molecule has 0 amide bonds. The summed E-state index contributed by atoms with van der Waals surface area (Å²) in [6, 6.07) is 69.5. The summed E-state index contributed by atoms with van der Waals surface area (Å²) in [6.45, 7) is 0. The second-order valence-electron chi connectivity index (χ2n) is 13.6. The Morgan fingerprint density at radius 3 is 1.65 bits per heavy atom. The highest BCUT2D eigenvalue weighted by molar-refractivity contribution is 7.26. The van der Waals surface area contributed by atoms with E-state index in [1.165, 1.54) is 81.5 Å². The van der Waals surface area contributed by atoms with Gasteiger partial charge in [-0.05, 0) is 86.5 Å². The van der Waals surface area contributed by atoms with Crippen LogP contribution in [0.25, 0.3) is 53.6 Å². The summed E-state index contributed by atoms with van der Waals surface area (Å²) < 4.78 is 2.67. The minimum absolute atomic E-state index is 0.385. The molecular weight excluding hydrogens is 635 g/mol. The third-order valence-corrected chi connectivity index (χ3v) is 12.3. The number of benzene rings is 8. The van der Waals surface area contributed by atoms with E-state index in [1.54, 1.807) is 0 Å². The fourth-order valence-electron chi connectivity index (χ4n) is 9.08. The monoisotopic (exact) mass is 665 g/mol. The van der Waals surface area contributed by atoms with Crippen LogP contribution in [0.5, 0.6) is 0 Å². The first-order valence-corrected chi connectivity index (χ1v) is 18.4. The molecule has 0 N–H and O–H groups in total. The number of hydrogen-bond donors (Lipinski definition) is 0. The highest BCUT2D eigenvalue weighted by Gasteiger charge is 2.52. The van der Waals surface area contributed by atoms with E-state index >= 15 is 0 Å². The summed E-state index contributed by atoms with van der Waals surface area (Å²) >= 11 is 1.88. The average Bonchev–Trinajstić information content (AvgIpc) is 3.83.